The summed E-state index contributed by atoms with van der Waals surface area (Å²) in [6.45, 7) is 2.74. The smallest absolute Gasteiger partial charge is 0.298 e. The van der Waals surface area contributed by atoms with Crippen LogP contribution in [-0.2, 0) is 4.79 Å². The highest BCUT2D eigenvalue weighted by atomic mass is 35.5. The van der Waals surface area contributed by atoms with Gasteiger partial charge < -0.3 is 14.5 Å². The van der Waals surface area contributed by atoms with E-state index >= 15 is 0 Å². The molecule has 1 spiro atoms. The van der Waals surface area contributed by atoms with Gasteiger partial charge in [0.1, 0.15) is 5.75 Å². The molecule has 0 unspecified atom stereocenters. The molecule has 2 saturated heterocycles. The molecule has 2 aliphatic rings. The van der Waals surface area contributed by atoms with E-state index in [1.807, 2.05) is 40.1 Å². The first-order valence-electron chi connectivity index (χ1n) is 10.5. The molecule has 2 aliphatic heterocycles. The molecule has 160 valence electrons. The summed E-state index contributed by atoms with van der Waals surface area (Å²) in [5.41, 5.74) is 1.40. The number of ether oxygens (including phenoxy) is 1. The average molecular weight is 437 g/mol. The van der Waals surface area contributed by atoms with E-state index < -0.39 is 0 Å². The van der Waals surface area contributed by atoms with E-state index in [1.165, 1.54) is 0 Å². The highest BCUT2D eigenvalue weighted by molar-refractivity contribution is 6.31. The molecule has 0 N–H and O–H groups in total. The van der Waals surface area contributed by atoms with E-state index in [-0.39, 0.29) is 17.2 Å². The second-order valence-electron chi connectivity index (χ2n) is 8.23. The van der Waals surface area contributed by atoms with Crippen molar-refractivity contribution in [1.29, 1.82) is 0 Å². The maximum Gasteiger partial charge on any atom is 0.298 e. The number of piperidine rings is 1. The summed E-state index contributed by atoms with van der Waals surface area (Å²) < 4.78 is 5.35. The van der Waals surface area contributed by atoms with Crippen LogP contribution in [0.5, 0.6) is 5.75 Å². The lowest BCUT2D eigenvalue weighted by Gasteiger charge is -2.38. The van der Waals surface area contributed by atoms with Crippen molar-refractivity contribution < 1.29 is 14.3 Å². The van der Waals surface area contributed by atoms with Crippen LogP contribution in [0.15, 0.2) is 48.5 Å². The van der Waals surface area contributed by atoms with Crippen LogP contribution < -0.4 is 4.74 Å². The quantitative estimate of drug-likeness (QED) is 0.672. The zero-order chi connectivity index (χ0) is 21.8. The molecule has 0 radical (unpaired) electrons. The van der Waals surface area contributed by atoms with Crippen LogP contribution in [0.2, 0.25) is 5.02 Å². The van der Waals surface area contributed by atoms with Crippen molar-refractivity contribution in [3.8, 4) is 17.6 Å². The number of nitrogens with zero attached hydrogens (tertiary/aromatic N) is 2. The third-order valence-corrected chi connectivity index (χ3v) is 6.55. The number of carbonyl (C=O) groups is 2. The number of carbonyl (C=O) groups excluding carboxylic acids is 2. The number of rotatable bonds is 2. The minimum Gasteiger partial charge on any atom is -0.496 e. The third kappa shape index (κ3) is 4.70. The lowest BCUT2D eigenvalue weighted by atomic mass is 9.78. The second-order valence-corrected chi connectivity index (χ2v) is 8.67. The van der Waals surface area contributed by atoms with E-state index in [4.69, 9.17) is 16.3 Å². The van der Waals surface area contributed by atoms with Gasteiger partial charge in [-0.05, 0) is 55.0 Å². The van der Waals surface area contributed by atoms with E-state index in [2.05, 4.69) is 11.8 Å². The Balaban J connectivity index is 1.37. The predicted octanol–water partition coefficient (Wildman–Crippen LogP) is 3.86. The molecule has 2 amide bonds. The van der Waals surface area contributed by atoms with E-state index in [9.17, 15) is 9.59 Å². The molecular weight excluding hydrogens is 412 g/mol. The summed E-state index contributed by atoms with van der Waals surface area (Å²) in [4.78, 5) is 29.3. The lowest BCUT2D eigenvalue weighted by molar-refractivity contribution is -0.127. The zero-order valence-electron chi connectivity index (χ0n) is 17.6. The number of methoxy groups -OCH3 is 1. The molecule has 0 aliphatic carbocycles. The Morgan fingerprint density at radius 1 is 1.00 bits per heavy atom. The Bertz CT molecular complexity index is 1030. The number of likely N-dealkylation sites (tertiary alicyclic amines) is 2. The normalized spacial score (nSPS) is 17.2. The van der Waals surface area contributed by atoms with E-state index in [1.54, 1.807) is 25.3 Å². The fraction of sp³-hybridized carbons (Fsp3) is 0.360. The van der Waals surface area contributed by atoms with Gasteiger partial charge in [-0.2, -0.15) is 0 Å². The van der Waals surface area contributed by atoms with E-state index in [0.717, 1.165) is 24.8 Å². The summed E-state index contributed by atoms with van der Waals surface area (Å²) in [6, 6.07) is 14.6. The molecule has 2 fully saturated rings. The van der Waals surface area contributed by atoms with Crippen molar-refractivity contribution in [1.82, 2.24) is 9.80 Å². The lowest BCUT2D eigenvalue weighted by Crippen LogP contribution is -2.44. The van der Waals surface area contributed by atoms with Gasteiger partial charge in [-0.1, -0.05) is 35.7 Å². The summed E-state index contributed by atoms with van der Waals surface area (Å²) in [7, 11) is 1.55. The van der Waals surface area contributed by atoms with Crippen molar-refractivity contribution in [2.75, 3.05) is 33.3 Å². The number of hydrogen-bond donors (Lipinski definition) is 0. The molecule has 5 nitrogen and oxygen atoms in total. The molecule has 0 aromatic heterocycles. The fourth-order valence-electron chi connectivity index (χ4n) is 4.44. The molecule has 31 heavy (non-hydrogen) atoms. The van der Waals surface area contributed by atoms with Gasteiger partial charge >= 0.3 is 0 Å². The number of benzene rings is 2. The minimum absolute atomic E-state index is 0.0524. The number of hydrogen-bond acceptors (Lipinski definition) is 3. The second kappa shape index (κ2) is 9.03. The minimum atomic E-state index is -0.131. The summed E-state index contributed by atoms with van der Waals surface area (Å²) in [5.74, 6) is 6.05. The van der Waals surface area contributed by atoms with Gasteiger partial charge in [0.2, 0.25) is 0 Å². The maximum atomic E-state index is 13.1. The number of amides is 2. The van der Waals surface area contributed by atoms with Crippen LogP contribution >= 0.6 is 11.6 Å². The summed E-state index contributed by atoms with van der Waals surface area (Å²) >= 11 is 6.10. The molecule has 6 heteroatoms. The van der Waals surface area contributed by atoms with Crippen molar-refractivity contribution in [2.24, 2.45) is 5.41 Å². The number of halogens is 1. The molecule has 0 atom stereocenters. The van der Waals surface area contributed by atoms with Crippen molar-refractivity contribution >= 4 is 23.4 Å². The predicted molar refractivity (Wildman–Crippen MR) is 120 cm³/mol. The van der Waals surface area contributed by atoms with Crippen molar-refractivity contribution in [3.63, 3.8) is 0 Å². The first-order valence-corrected chi connectivity index (χ1v) is 10.9. The largest absolute Gasteiger partial charge is 0.496 e. The van der Waals surface area contributed by atoms with Gasteiger partial charge in [0.15, 0.2) is 0 Å². The highest BCUT2D eigenvalue weighted by Gasteiger charge is 2.43. The van der Waals surface area contributed by atoms with E-state index in [0.29, 0.717) is 42.5 Å². The van der Waals surface area contributed by atoms with Crippen LogP contribution in [0.3, 0.4) is 0 Å². The van der Waals surface area contributed by atoms with Crippen molar-refractivity contribution in [3.05, 3.63) is 64.7 Å². The standard InChI is InChI=1S/C25H25ClN2O3/c1-31-22-9-8-20(26)17-21(22)24(30)28-16-13-25(18-28)11-14-27(15-12-25)23(29)10-7-19-5-3-2-4-6-19/h2-6,8-9,17H,11-16,18H2,1H3. The van der Waals surface area contributed by atoms with Crippen LogP contribution in [0.1, 0.15) is 35.2 Å². The summed E-state index contributed by atoms with van der Waals surface area (Å²) in [6.07, 6.45) is 2.70. The first-order chi connectivity index (χ1) is 15.0. The van der Waals surface area contributed by atoms with Gasteiger partial charge in [0.25, 0.3) is 11.8 Å². The Morgan fingerprint density at radius 3 is 2.35 bits per heavy atom. The molecule has 4 rings (SSSR count). The van der Waals surface area contributed by atoms with Gasteiger partial charge in [-0.15, -0.1) is 0 Å². The van der Waals surface area contributed by atoms with Crippen LogP contribution in [0.4, 0.5) is 0 Å². The maximum absolute atomic E-state index is 13.1. The summed E-state index contributed by atoms with van der Waals surface area (Å²) in [5, 5.41) is 0.515. The molecule has 0 saturated carbocycles. The molecule has 2 aromatic rings. The van der Waals surface area contributed by atoms with Crippen LogP contribution in [0.25, 0.3) is 0 Å². The third-order valence-electron chi connectivity index (χ3n) is 6.32. The van der Waals surface area contributed by atoms with Gasteiger partial charge in [0.05, 0.1) is 12.7 Å². The SMILES string of the molecule is COc1ccc(Cl)cc1C(=O)N1CCC2(CCN(C(=O)C#Cc3ccccc3)CC2)C1. The Hall–Kier alpha value is -2.97. The Labute approximate surface area is 187 Å². The highest BCUT2D eigenvalue weighted by Crippen LogP contribution is 2.41. The molecule has 2 heterocycles. The van der Waals surface area contributed by atoms with Gasteiger partial charge in [-0.25, -0.2) is 0 Å². The van der Waals surface area contributed by atoms with Crippen LogP contribution in [0, 0.1) is 17.3 Å². The Kier molecular flexibility index (Phi) is 6.20. The van der Waals surface area contributed by atoms with Gasteiger partial charge in [-0.3, -0.25) is 9.59 Å². The Morgan fingerprint density at radius 2 is 1.68 bits per heavy atom. The monoisotopic (exact) mass is 436 g/mol. The molecule has 2 aromatic carbocycles. The van der Waals surface area contributed by atoms with Gasteiger partial charge in [0, 0.05) is 42.7 Å². The fourth-order valence-corrected chi connectivity index (χ4v) is 4.62. The van der Waals surface area contributed by atoms with Crippen molar-refractivity contribution in [2.45, 2.75) is 19.3 Å². The zero-order valence-corrected chi connectivity index (χ0v) is 18.3. The average Bonchev–Trinajstić information content (AvgIpc) is 3.21. The molecule has 0 bridgehead atoms. The topological polar surface area (TPSA) is 49.9 Å². The first kappa shape index (κ1) is 21.3. The molecular formula is C25H25ClN2O3. The van der Waals surface area contributed by atoms with Crippen LogP contribution in [-0.4, -0.2) is 54.9 Å².